The Hall–Kier alpha value is -3.60. The molecule has 0 saturated carbocycles. The summed E-state index contributed by atoms with van der Waals surface area (Å²) >= 11 is 0. The molecule has 2 aromatic carbocycles. The van der Waals surface area contributed by atoms with E-state index in [4.69, 9.17) is 14.6 Å². The average molecular weight is 449 g/mol. The number of benzene rings is 2. The summed E-state index contributed by atoms with van der Waals surface area (Å²) in [5, 5.41) is 8.96. The van der Waals surface area contributed by atoms with Crippen LogP contribution in [0.3, 0.4) is 0 Å². The van der Waals surface area contributed by atoms with Crippen molar-refractivity contribution < 1.29 is 24.2 Å². The van der Waals surface area contributed by atoms with E-state index in [1.54, 1.807) is 24.3 Å². The lowest BCUT2D eigenvalue weighted by Gasteiger charge is -2.11. The van der Waals surface area contributed by atoms with Gasteiger partial charge in [-0.25, -0.2) is 4.79 Å². The van der Waals surface area contributed by atoms with Gasteiger partial charge in [-0.15, -0.1) is 0 Å². The first-order valence-corrected chi connectivity index (χ1v) is 11.1. The van der Waals surface area contributed by atoms with Crippen LogP contribution in [0.25, 0.3) is 12.2 Å². The first kappa shape index (κ1) is 25.7. The Balaban J connectivity index is 2.12. The summed E-state index contributed by atoms with van der Waals surface area (Å²) in [6, 6.07) is 12.7. The van der Waals surface area contributed by atoms with Crippen molar-refractivity contribution in [2.24, 2.45) is 0 Å². The number of carbonyl (C=O) groups is 2. The highest BCUT2D eigenvalue weighted by molar-refractivity contribution is 6.08. The van der Waals surface area contributed by atoms with Gasteiger partial charge in [-0.05, 0) is 55.7 Å². The normalized spacial score (nSPS) is 11.0. The summed E-state index contributed by atoms with van der Waals surface area (Å²) < 4.78 is 11.0. The van der Waals surface area contributed by atoms with E-state index in [1.165, 1.54) is 18.9 Å². The molecular weight excluding hydrogens is 416 g/mol. The van der Waals surface area contributed by atoms with Crippen molar-refractivity contribution in [3.63, 3.8) is 0 Å². The number of hydrogen-bond acceptors (Lipinski definition) is 4. The molecule has 0 heterocycles. The SMILES string of the molecule is CCCCC=Cc1ccc(C=CC(=O)c2ccc(OCC=C(C)C)cc2OCC(=O)O)cc1. The van der Waals surface area contributed by atoms with Gasteiger partial charge < -0.3 is 14.6 Å². The molecule has 0 amide bonds. The Morgan fingerprint density at radius 1 is 0.970 bits per heavy atom. The molecule has 0 atom stereocenters. The van der Waals surface area contributed by atoms with Gasteiger partial charge in [0.15, 0.2) is 12.4 Å². The third-order valence-corrected chi connectivity index (χ3v) is 4.71. The second kappa shape index (κ2) is 13.7. The summed E-state index contributed by atoms with van der Waals surface area (Å²) in [7, 11) is 0. The Kier molecular flexibility index (Phi) is 10.7. The molecule has 1 N–H and O–H groups in total. The minimum Gasteiger partial charge on any atom is -0.489 e. The minimum absolute atomic E-state index is 0.175. The maximum atomic E-state index is 12.8. The maximum absolute atomic E-state index is 12.8. The topological polar surface area (TPSA) is 72.8 Å². The monoisotopic (exact) mass is 448 g/mol. The highest BCUT2D eigenvalue weighted by Crippen LogP contribution is 2.26. The van der Waals surface area contributed by atoms with Crippen molar-refractivity contribution >= 4 is 23.9 Å². The van der Waals surface area contributed by atoms with Gasteiger partial charge >= 0.3 is 5.97 Å². The van der Waals surface area contributed by atoms with E-state index < -0.39 is 12.6 Å². The fourth-order valence-electron chi connectivity index (χ4n) is 2.88. The molecule has 174 valence electrons. The molecule has 0 saturated heterocycles. The number of ether oxygens (including phenoxy) is 2. The number of allylic oxidation sites excluding steroid dienone is 3. The van der Waals surface area contributed by atoms with Crippen LogP contribution in [0.2, 0.25) is 0 Å². The second-order valence-electron chi connectivity index (χ2n) is 7.84. The zero-order valence-electron chi connectivity index (χ0n) is 19.5. The smallest absolute Gasteiger partial charge is 0.341 e. The molecule has 0 spiro atoms. The molecule has 33 heavy (non-hydrogen) atoms. The molecule has 0 unspecified atom stereocenters. The summed E-state index contributed by atoms with van der Waals surface area (Å²) in [5.41, 5.74) is 3.40. The summed E-state index contributed by atoms with van der Waals surface area (Å²) in [5.74, 6) is -0.733. The second-order valence-corrected chi connectivity index (χ2v) is 7.84. The van der Waals surface area contributed by atoms with E-state index in [2.05, 4.69) is 19.1 Å². The fourth-order valence-corrected chi connectivity index (χ4v) is 2.88. The van der Waals surface area contributed by atoms with Crippen LogP contribution in [-0.2, 0) is 4.79 Å². The van der Waals surface area contributed by atoms with Crippen LogP contribution in [0, 0.1) is 0 Å². The molecule has 0 radical (unpaired) electrons. The van der Waals surface area contributed by atoms with Gasteiger partial charge in [-0.3, -0.25) is 4.79 Å². The van der Waals surface area contributed by atoms with Crippen LogP contribution < -0.4 is 9.47 Å². The Bertz CT molecular complexity index is 1010. The molecule has 0 aliphatic carbocycles. The van der Waals surface area contributed by atoms with Crippen molar-refractivity contribution in [2.45, 2.75) is 40.0 Å². The lowest BCUT2D eigenvalue weighted by molar-refractivity contribution is -0.139. The minimum atomic E-state index is -1.12. The molecule has 0 aliphatic rings. The number of ketones is 1. The largest absolute Gasteiger partial charge is 0.489 e. The summed E-state index contributed by atoms with van der Waals surface area (Å²) in [6.07, 6.45) is 12.8. The lowest BCUT2D eigenvalue weighted by Crippen LogP contribution is -2.12. The molecular formula is C28H32O5. The number of carbonyl (C=O) groups excluding carboxylic acids is 1. The summed E-state index contributed by atoms with van der Waals surface area (Å²) in [4.78, 5) is 23.7. The van der Waals surface area contributed by atoms with Gasteiger partial charge in [0.1, 0.15) is 18.1 Å². The molecule has 0 aromatic heterocycles. The van der Waals surface area contributed by atoms with E-state index in [-0.39, 0.29) is 17.1 Å². The van der Waals surface area contributed by atoms with Crippen molar-refractivity contribution in [3.05, 3.63) is 83.0 Å². The third-order valence-electron chi connectivity index (χ3n) is 4.71. The zero-order chi connectivity index (χ0) is 24.1. The molecule has 2 rings (SSSR count). The van der Waals surface area contributed by atoms with Crippen molar-refractivity contribution in [2.75, 3.05) is 13.2 Å². The van der Waals surface area contributed by atoms with Crippen LogP contribution in [-0.4, -0.2) is 30.1 Å². The van der Waals surface area contributed by atoms with Crippen molar-refractivity contribution in [3.8, 4) is 11.5 Å². The Labute approximate surface area is 196 Å². The van der Waals surface area contributed by atoms with Gasteiger partial charge in [0.2, 0.25) is 0 Å². The molecule has 0 fully saturated rings. The summed E-state index contributed by atoms with van der Waals surface area (Å²) in [6.45, 7) is 5.94. The van der Waals surface area contributed by atoms with Crippen LogP contribution in [0.1, 0.15) is 61.5 Å². The maximum Gasteiger partial charge on any atom is 0.341 e. The highest BCUT2D eigenvalue weighted by atomic mass is 16.5. The molecule has 5 heteroatoms. The highest BCUT2D eigenvalue weighted by Gasteiger charge is 2.13. The quantitative estimate of drug-likeness (QED) is 0.162. The number of carboxylic acids is 1. The van der Waals surface area contributed by atoms with Gasteiger partial charge in [-0.1, -0.05) is 67.8 Å². The predicted molar refractivity (Wildman–Crippen MR) is 133 cm³/mol. The van der Waals surface area contributed by atoms with Gasteiger partial charge in [0, 0.05) is 6.07 Å². The van der Waals surface area contributed by atoms with E-state index >= 15 is 0 Å². The van der Waals surface area contributed by atoms with Gasteiger partial charge in [0.05, 0.1) is 5.56 Å². The lowest BCUT2D eigenvalue weighted by atomic mass is 10.1. The molecule has 5 nitrogen and oxygen atoms in total. The van der Waals surface area contributed by atoms with Crippen molar-refractivity contribution in [1.29, 1.82) is 0 Å². The standard InChI is InChI=1S/C28H32O5/c1-4-5-6-7-8-22-9-11-23(12-10-22)13-16-26(29)25-15-14-24(32-18-17-21(2)3)19-27(25)33-20-28(30)31/h7-17,19H,4-6,18,20H2,1-3H3,(H,30,31). The number of unbranched alkanes of at least 4 members (excludes halogenated alkanes) is 2. The Morgan fingerprint density at radius 3 is 2.30 bits per heavy atom. The van der Waals surface area contributed by atoms with E-state index in [1.807, 2.05) is 44.2 Å². The van der Waals surface area contributed by atoms with Crippen LogP contribution >= 0.6 is 0 Å². The van der Waals surface area contributed by atoms with Crippen LogP contribution in [0.5, 0.6) is 11.5 Å². The molecule has 0 bridgehead atoms. The van der Waals surface area contributed by atoms with Crippen LogP contribution in [0.4, 0.5) is 0 Å². The molecule has 2 aromatic rings. The number of hydrogen-bond donors (Lipinski definition) is 1. The third kappa shape index (κ3) is 9.60. The molecule has 0 aliphatic heterocycles. The average Bonchev–Trinajstić information content (AvgIpc) is 2.79. The number of rotatable bonds is 13. The fraction of sp³-hybridized carbons (Fsp3) is 0.286. The predicted octanol–water partition coefficient (Wildman–Crippen LogP) is 6.59. The van der Waals surface area contributed by atoms with Gasteiger partial charge in [-0.2, -0.15) is 0 Å². The van der Waals surface area contributed by atoms with Crippen molar-refractivity contribution in [1.82, 2.24) is 0 Å². The Morgan fingerprint density at radius 2 is 1.67 bits per heavy atom. The number of aliphatic carboxylic acids is 1. The van der Waals surface area contributed by atoms with Crippen LogP contribution in [0.15, 0.2) is 66.3 Å². The van der Waals surface area contributed by atoms with E-state index in [0.717, 1.165) is 23.1 Å². The van der Waals surface area contributed by atoms with E-state index in [9.17, 15) is 9.59 Å². The van der Waals surface area contributed by atoms with Gasteiger partial charge in [0.25, 0.3) is 0 Å². The first-order chi connectivity index (χ1) is 15.9. The van der Waals surface area contributed by atoms with E-state index in [0.29, 0.717) is 12.4 Å². The zero-order valence-corrected chi connectivity index (χ0v) is 19.5. The first-order valence-electron chi connectivity index (χ1n) is 11.1. The number of carboxylic acid groups (broad SMARTS) is 1.